The number of fused-ring (bicyclic) bond motifs is 1. The van der Waals surface area contributed by atoms with E-state index in [1.54, 1.807) is 24.3 Å². The molecule has 24 heavy (non-hydrogen) atoms. The Kier molecular flexibility index (Phi) is 4.74. The summed E-state index contributed by atoms with van der Waals surface area (Å²) in [7, 11) is 0. The first-order valence-corrected chi connectivity index (χ1v) is 8.41. The Balaban J connectivity index is 1.94. The lowest BCUT2D eigenvalue weighted by Crippen LogP contribution is -2.14. The number of thiocyanates is 1. The van der Waals surface area contributed by atoms with Crippen molar-refractivity contribution < 1.29 is 9.21 Å². The number of rotatable bonds is 4. The molecule has 0 aliphatic heterocycles. The Bertz CT molecular complexity index is 962. The molecular weight excluding hydrogens is 346 g/mol. The van der Waals surface area contributed by atoms with Gasteiger partial charge >= 0.3 is 0 Å². The van der Waals surface area contributed by atoms with Crippen LogP contribution in [0.4, 0.5) is 5.69 Å². The van der Waals surface area contributed by atoms with Crippen LogP contribution in [0.15, 0.2) is 40.8 Å². The monoisotopic (exact) mass is 357 g/mol. The van der Waals surface area contributed by atoms with Crippen molar-refractivity contribution in [2.45, 2.75) is 6.92 Å². The van der Waals surface area contributed by atoms with Gasteiger partial charge in [0.25, 0.3) is 0 Å². The molecule has 5 nitrogen and oxygen atoms in total. The van der Waals surface area contributed by atoms with Gasteiger partial charge in [-0.1, -0.05) is 17.7 Å². The van der Waals surface area contributed by atoms with E-state index in [2.05, 4.69) is 10.3 Å². The predicted molar refractivity (Wildman–Crippen MR) is 95.9 cm³/mol. The summed E-state index contributed by atoms with van der Waals surface area (Å²) in [4.78, 5) is 16.3. The number of carbonyl (C=O) groups excluding carboxylic acids is 1. The Morgan fingerprint density at radius 1 is 1.42 bits per heavy atom. The molecule has 120 valence electrons. The molecule has 0 atom stereocenters. The predicted octanol–water partition coefficient (Wildman–Crippen LogP) is 4.61. The average Bonchev–Trinajstić information content (AvgIpc) is 2.97. The summed E-state index contributed by atoms with van der Waals surface area (Å²) in [5, 5.41) is 13.8. The van der Waals surface area contributed by atoms with E-state index in [9.17, 15) is 4.79 Å². The van der Waals surface area contributed by atoms with Crippen LogP contribution in [-0.2, 0) is 4.79 Å². The van der Waals surface area contributed by atoms with Gasteiger partial charge in [-0.15, -0.1) is 0 Å². The summed E-state index contributed by atoms with van der Waals surface area (Å²) in [6, 6.07) is 10.7. The molecule has 0 saturated heterocycles. The number of anilines is 1. The molecule has 2 aromatic carbocycles. The van der Waals surface area contributed by atoms with Crippen molar-refractivity contribution in [3.8, 4) is 16.9 Å². The standard InChI is InChI=1S/C17H12ClN3O2S/c1-10-12(3-2-4-13(10)20-16(22)8-24-9-19)17-21-14-7-11(18)5-6-15(14)23-17/h2-7H,8H2,1H3,(H,20,22). The highest BCUT2D eigenvalue weighted by Crippen LogP contribution is 2.31. The fourth-order valence-corrected chi connectivity index (χ4v) is 2.74. The van der Waals surface area contributed by atoms with E-state index < -0.39 is 0 Å². The zero-order chi connectivity index (χ0) is 17.1. The number of oxazole rings is 1. The molecule has 0 bridgehead atoms. The van der Waals surface area contributed by atoms with Crippen molar-refractivity contribution in [3.63, 3.8) is 0 Å². The van der Waals surface area contributed by atoms with Gasteiger partial charge in [0.1, 0.15) is 10.9 Å². The summed E-state index contributed by atoms with van der Waals surface area (Å²) in [5.74, 6) is 0.320. The molecule has 1 N–H and O–H groups in total. The number of amides is 1. The number of carbonyl (C=O) groups is 1. The second kappa shape index (κ2) is 6.95. The highest BCUT2D eigenvalue weighted by atomic mass is 35.5. The number of halogens is 1. The molecule has 0 aliphatic rings. The molecule has 0 fully saturated rings. The van der Waals surface area contributed by atoms with Gasteiger partial charge in [0.15, 0.2) is 5.58 Å². The van der Waals surface area contributed by atoms with E-state index in [1.807, 2.05) is 24.5 Å². The molecule has 1 aromatic heterocycles. The van der Waals surface area contributed by atoms with Gasteiger partial charge in [0, 0.05) is 16.3 Å². The molecule has 7 heteroatoms. The molecule has 1 amide bonds. The minimum absolute atomic E-state index is 0.0849. The fraction of sp³-hybridized carbons (Fsp3) is 0.118. The second-order valence-corrected chi connectivity index (χ2v) is 6.23. The summed E-state index contributed by atoms with van der Waals surface area (Å²) in [6.07, 6.45) is 0. The number of nitrogens with one attached hydrogen (secondary N) is 1. The number of hydrogen-bond acceptors (Lipinski definition) is 5. The minimum Gasteiger partial charge on any atom is -0.436 e. The highest BCUT2D eigenvalue weighted by Gasteiger charge is 2.14. The van der Waals surface area contributed by atoms with Crippen LogP contribution < -0.4 is 5.32 Å². The topological polar surface area (TPSA) is 78.9 Å². The number of thioether (sulfide) groups is 1. The number of nitriles is 1. The third-order valence-corrected chi connectivity index (χ3v) is 4.23. The smallest absolute Gasteiger partial charge is 0.235 e. The molecule has 0 saturated carbocycles. The minimum atomic E-state index is -0.230. The maximum atomic E-state index is 11.8. The average molecular weight is 358 g/mol. The van der Waals surface area contributed by atoms with Crippen LogP contribution in [0.5, 0.6) is 0 Å². The lowest BCUT2D eigenvalue weighted by molar-refractivity contribution is -0.113. The second-order valence-electron chi connectivity index (χ2n) is 5.04. The molecule has 0 radical (unpaired) electrons. The van der Waals surface area contributed by atoms with E-state index >= 15 is 0 Å². The zero-order valence-electron chi connectivity index (χ0n) is 12.7. The van der Waals surface area contributed by atoms with E-state index in [0.29, 0.717) is 27.7 Å². The van der Waals surface area contributed by atoms with Crippen molar-refractivity contribution >= 4 is 46.1 Å². The third-order valence-electron chi connectivity index (χ3n) is 3.46. The molecule has 3 rings (SSSR count). The van der Waals surface area contributed by atoms with Gasteiger partial charge in [-0.25, -0.2) is 4.98 Å². The Morgan fingerprint density at radius 3 is 3.04 bits per heavy atom. The normalized spacial score (nSPS) is 10.5. The number of aromatic nitrogens is 1. The molecular formula is C17H12ClN3O2S. The van der Waals surface area contributed by atoms with E-state index in [0.717, 1.165) is 22.9 Å². The first-order chi connectivity index (χ1) is 11.6. The summed E-state index contributed by atoms with van der Waals surface area (Å²) >= 11 is 6.87. The van der Waals surface area contributed by atoms with Crippen molar-refractivity contribution in [3.05, 3.63) is 47.0 Å². The van der Waals surface area contributed by atoms with Crippen LogP contribution in [0.1, 0.15) is 5.56 Å². The van der Waals surface area contributed by atoms with Crippen LogP contribution in [0.2, 0.25) is 5.02 Å². The van der Waals surface area contributed by atoms with Crippen LogP contribution in [0.3, 0.4) is 0 Å². The summed E-state index contributed by atoms with van der Waals surface area (Å²) in [6.45, 7) is 1.88. The number of nitrogens with zero attached hydrogens (tertiary/aromatic N) is 2. The SMILES string of the molecule is Cc1c(NC(=O)CSC#N)cccc1-c1nc2cc(Cl)ccc2o1. The zero-order valence-corrected chi connectivity index (χ0v) is 14.2. The first-order valence-electron chi connectivity index (χ1n) is 7.05. The molecule has 0 aliphatic carbocycles. The Labute approximate surface area is 147 Å². The van der Waals surface area contributed by atoms with E-state index in [4.69, 9.17) is 21.3 Å². The quantitative estimate of drug-likeness (QED) is 0.690. The van der Waals surface area contributed by atoms with Crippen molar-refractivity contribution in [2.75, 3.05) is 11.1 Å². The van der Waals surface area contributed by atoms with Crippen molar-refractivity contribution in [1.82, 2.24) is 4.98 Å². The van der Waals surface area contributed by atoms with Crippen molar-refractivity contribution in [2.24, 2.45) is 0 Å². The van der Waals surface area contributed by atoms with Gasteiger partial charge in [-0.3, -0.25) is 4.79 Å². The lowest BCUT2D eigenvalue weighted by Gasteiger charge is -2.10. The van der Waals surface area contributed by atoms with Crippen LogP contribution in [0, 0.1) is 17.6 Å². The summed E-state index contributed by atoms with van der Waals surface area (Å²) in [5.41, 5.74) is 3.61. The Morgan fingerprint density at radius 2 is 2.25 bits per heavy atom. The molecule has 0 spiro atoms. The molecule has 3 aromatic rings. The highest BCUT2D eigenvalue weighted by molar-refractivity contribution is 8.04. The van der Waals surface area contributed by atoms with E-state index in [-0.39, 0.29) is 11.7 Å². The number of benzene rings is 2. The first kappa shape index (κ1) is 16.4. The maximum absolute atomic E-state index is 11.8. The summed E-state index contributed by atoms with van der Waals surface area (Å²) < 4.78 is 5.79. The van der Waals surface area contributed by atoms with Gasteiger partial charge < -0.3 is 9.73 Å². The maximum Gasteiger partial charge on any atom is 0.235 e. The largest absolute Gasteiger partial charge is 0.436 e. The van der Waals surface area contributed by atoms with E-state index in [1.165, 1.54) is 0 Å². The van der Waals surface area contributed by atoms with Crippen LogP contribution in [-0.4, -0.2) is 16.6 Å². The number of hydrogen-bond donors (Lipinski definition) is 1. The lowest BCUT2D eigenvalue weighted by atomic mass is 10.1. The fourth-order valence-electron chi connectivity index (χ4n) is 2.30. The Hall–Kier alpha value is -2.49. The third kappa shape index (κ3) is 3.37. The van der Waals surface area contributed by atoms with Gasteiger partial charge in [0.05, 0.1) is 5.75 Å². The van der Waals surface area contributed by atoms with Gasteiger partial charge in [-0.05, 0) is 54.6 Å². The van der Waals surface area contributed by atoms with Crippen LogP contribution >= 0.6 is 23.4 Å². The van der Waals surface area contributed by atoms with Gasteiger partial charge in [-0.2, -0.15) is 5.26 Å². The van der Waals surface area contributed by atoms with Gasteiger partial charge in [0.2, 0.25) is 11.8 Å². The molecule has 1 heterocycles. The van der Waals surface area contributed by atoms with Crippen molar-refractivity contribution in [1.29, 1.82) is 5.26 Å². The van der Waals surface area contributed by atoms with Crippen LogP contribution in [0.25, 0.3) is 22.6 Å². The molecule has 0 unspecified atom stereocenters.